The molecule has 0 N–H and O–H groups in total. The average Bonchev–Trinajstić information content (AvgIpc) is 2.86. The van der Waals surface area contributed by atoms with Gasteiger partial charge in [0.2, 0.25) is 0 Å². The summed E-state index contributed by atoms with van der Waals surface area (Å²) >= 11 is 1.27. The molecule has 3 nitrogen and oxygen atoms in total. The third-order valence-corrected chi connectivity index (χ3v) is 4.63. The fourth-order valence-electron chi connectivity index (χ4n) is 2.71. The summed E-state index contributed by atoms with van der Waals surface area (Å²) in [5, 5.41) is 4.04. The van der Waals surface area contributed by atoms with Crippen LogP contribution in [0.2, 0.25) is 0 Å². The van der Waals surface area contributed by atoms with Gasteiger partial charge in [-0.1, -0.05) is 37.6 Å². The Morgan fingerprint density at radius 1 is 1.41 bits per heavy atom. The summed E-state index contributed by atoms with van der Waals surface area (Å²) in [5.74, 6) is 1.26. The molecule has 1 aliphatic carbocycles. The number of carbonyl (C=O) groups is 1. The summed E-state index contributed by atoms with van der Waals surface area (Å²) in [4.78, 5) is 13.2. The lowest BCUT2D eigenvalue weighted by atomic mass is 9.78. The molecule has 2 rings (SSSR count). The molecule has 0 radical (unpaired) electrons. The molecule has 0 spiro atoms. The van der Waals surface area contributed by atoms with Crippen molar-refractivity contribution >= 4 is 17.3 Å². The van der Waals surface area contributed by atoms with E-state index in [1.807, 2.05) is 6.92 Å². The minimum absolute atomic E-state index is 0.223. The number of Topliss-reactive ketones (excluding diaryl/α,β-unsaturated/α-hetero) is 1. The molecule has 1 fully saturated rings. The second-order valence-corrected chi connectivity index (χ2v) is 5.66. The quantitative estimate of drug-likeness (QED) is 0.770. The van der Waals surface area contributed by atoms with Crippen molar-refractivity contribution in [3.63, 3.8) is 0 Å². The van der Waals surface area contributed by atoms with E-state index in [-0.39, 0.29) is 5.92 Å². The maximum atomic E-state index is 12.4. The second kappa shape index (κ2) is 5.71. The molecule has 0 aromatic carbocycles. The van der Waals surface area contributed by atoms with E-state index in [2.05, 4.69) is 16.5 Å². The second-order valence-electron chi connectivity index (χ2n) is 4.90. The van der Waals surface area contributed by atoms with Crippen molar-refractivity contribution in [3.8, 4) is 0 Å². The Balaban J connectivity index is 2.09. The van der Waals surface area contributed by atoms with Gasteiger partial charge in [0.05, 0.1) is 5.69 Å². The standard InChI is InChI=1S/C13H20N2OS/c1-3-9-6-5-7-10(8-9)12(16)13-11(4-2)14-15-17-13/h9-10H,3-8H2,1-2H3. The molecule has 2 atom stereocenters. The largest absolute Gasteiger partial charge is 0.293 e. The van der Waals surface area contributed by atoms with Crippen molar-refractivity contribution in [1.82, 2.24) is 9.59 Å². The van der Waals surface area contributed by atoms with Crippen LogP contribution in [0.4, 0.5) is 0 Å². The van der Waals surface area contributed by atoms with E-state index < -0.39 is 0 Å². The van der Waals surface area contributed by atoms with Gasteiger partial charge >= 0.3 is 0 Å². The molecular weight excluding hydrogens is 232 g/mol. The van der Waals surface area contributed by atoms with E-state index in [0.717, 1.165) is 35.8 Å². The minimum atomic E-state index is 0.223. The highest BCUT2D eigenvalue weighted by Gasteiger charge is 2.29. The summed E-state index contributed by atoms with van der Waals surface area (Å²) in [5.41, 5.74) is 0.888. The molecule has 17 heavy (non-hydrogen) atoms. The predicted octanol–water partition coefficient (Wildman–Crippen LogP) is 3.50. The van der Waals surface area contributed by atoms with Crippen LogP contribution < -0.4 is 0 Å². The van der Waals surface area contributed by atoms with Crippen molar-refractivity contribution in [2.75, 3.05) is 0 Å². The zero-order valence-electron chi connectivity index (χ0n) is 10.6. The highest BCUT2D eigenvalue weighted by molar-refractivity contribution is 7.08. The highest BCUT2D eigenvalue weighted by Crippen LogP contribution is 2.33. The van der Waals surface area contributed by atoms with Crippen LogP contribution in [0.25, 0.3) is 0 Å². The Morgan fingerprint density at radius 2 is 2.24 bits per heavy atom. The molecule has 0 amide bonds. The van der Waals surface area contributed by atoms with E-state index >= 15 is 0 Å². The SMILES string of the molecule is CCc1nnsc1C(=O)C1CCCC(CC)C1. The molecule has 0 bridgehead atoms. The van der Waals surface area contributed by atoms with Crippen LogP contribution in [0.1, 0.15) is 61.3 Å². The third kappa shape index (κ3) is 2.73. The Bertz CT molecular complexity index is 389. The molecular formula is C13H20N2OS. The molecule has 0 aliphatic heterocycles. The van der Waals surface area contributed by atoms with Crippen LogP contribution in [-0.4, -0.2) is 15.4 Å². The Morgan fingerprint density at radius 3 is 2.94 bits per heavy atom. The first-order chi connectivity index (χ1) is 8.26. The Hall–Kier alpha value is -0.770. The lowest BCUT2D eigenvalue weighted by molar-refractivity contribution is 0.0865. The van der Waals surface area contributed by atoms with Gasteiger partial charge in [-0.15, -0.1) is 5.10 Å². The first-order valence-electron chi connectivity index (χ1n) is 6.61. The molecule has 0 saturated heterocycles. The van der Waals surface area contributed by atoms with Gasteiger partial charge in [0.15, 0.2) is 5.78 Å². The lowest BCUT2D eigenvalue weighted by Gasteiger charge is -2.27. The van der Waals surface area contributed by atoms with Crippen molar-refractivity contribution < 1.29 is 4.79 Å². The van der Waals surface area contributed by atoms with Crippen LogP contribution in [0, 0.1) is 11.8 Å². The van der Waals surface area contributed by atoms with Crippen molar-refractivity contribution in [2.45, 2.75) is 52.4 Å². The van der Waals surface area contributed by atoms with Crippen molar-refractivity contribution in [3.05, 3.63) is 10.6 Å². The Kier molecular flexibility index (Phi) is 4.26. The summed E-state index contributed by atoms with van der Waals surface area (Å²) in [7, 11) is 0. The molecule has 1 aromatic heterocycles. The van der Waals surface area contributed by atoms with E-state index in [1.54, 1.807) is 0 Å². The van der Waals surface area contributed by atoms with Gasteiger partial charge in [-0.3, -0.25) is 4.79 Å². The van der Waals surface area contributed by atoms with E-state index in [0.29, 0.717) is 5.78 Å². The number of ketones is 1. The van der Waals surface area contributed by atoms with Crippen LogP contribution in [0.5, 0.6) is 0 Å². The van der Waals surface area contributed by atoms with Crippen molar-refractivity contribution in [1.29, 1.82) is 0 Å². The number of hydrogen-bond acceptors (Lipinski definition) is 4. The number of aromatic nitrogens is 2. The van der Waals surface area contributed by atoms with Gasteiger partial charge in [0.25, 0.3) is 0 Å². The number of nitrogens with zero attached hydrogens (tertiary/aromatic N) is 2. The third-order valence-electron chi connectivity index (χ3n) is 3.85. The minimum Gasteiger partial charge on any atom is -0.293 e. The fourth-order valence-corrected chi connectivity index (χ4v) is 3.48. The maximum absolute atomic E-state index is 12.4. The lowest BCUT2D eigenvalue weighted by Crippen LogP contribution is -2.23. The van der Waals surface area contributed by atoms with Crippen LogP contribution in [0.15, 0.2) is 0 Å². The zero-order chi connectivity index (χ0) is 12.3. The van der Waals surface area contributed by atoms with Gasteiger partial charge in [0.1, 0.15) is 4.88 Å². The first-order valence-corrected chi connectivity index (χ1v) is 7.39. The maximum Gasteiger partial charge on any atom is 0.179 e. The Labute approximate surface area is 107 Å². The zero-order valence-corrected chi connectivity index (χ0v) is 11.4. The van der Waals surface area contributed by atoms with Crippen molar-refractivity contribution in [2.24, 2.45) is 11.8 Å². The number of carbonyl (C=O) groups excluding carboxylic acids is 1. The van der Waals surface area contributed by atoms with E-state index in [4.69, 9.17) is 0 Å². The fraction of sp³-hybridized carbons (Fsp3) is 0.769. The number of hydrogen-bond donors (Lipinski definition) is 0. The molecule has 2 unspecified atom stereocenters. The summed E-state index contributed by atoms with van der Waals surface area (Å²) in [6, 6.07) is 0. The predicted molar refractivity (Wildman–Crippen MR) is 69.4 cm³/mol. The van der Waals surface area contributed by atoms with Gasteiger partial charge < -0.3 is 0 Å². The van der Waals surface area contributed by atoms with Crippen LogP contribution in [-0.2, 0) is 6.42 Å². The number of aryl methyl sites for hydroxylation is 1. The van der Waals surface area contributed by atoms with E-state index in [9.17, 15) is 4.79 Å². The smallest absolute Gasteiger partial charge is 0.179 e. The molecule has 4 heteroatoms. The summed E-state index contributed by atoms with van der Waals surface area (Å²) in [6.07, 6.45) is 6.62. The normalized spacial score (nSPS) is 24.8. The monoisotopic (exact) mass is 252 g/mol. The van der Waals surface area contributed by atoms with Gasteiger partial charge in [-0.2, -0.15) is 0 Å². The van der Waals surface area contributed by atoms with Gasteiger partial charge in [-0.25, -0.2) is 0 Å². The topological polar surface area (TPSA) is 42.9 Å². The summed E-state index contributed by atoms with van der Waals surface area (Å²) in [6.45, 7) is 4.26. The molecule has 94 valence electrons. The van der Waals surface area contributed by atoms with Gasteiger partial charge in [0, 0.05) is 5.92 Å². The molecule has 1 aliphatic rings. The number of rotatable bonds is 4. The first kappa shape index (κ1) is 12.7. The summed E-state index contributed by atoms with van der Waals surface area (Å²) < 4.78 is 3.92. The van der Waals surface area contributed by atoms with E-state index in [1.165, 1.54) is 30.8 Å². The molecule has 1 saturated carbocycles. The van der Waals surface area contributed by atoms with Gasteiger partial charge in [-0.05, 0) is 36.7 Å². The molecule has 1 heterocycles. The molecule has 1 aromatic rings. The van der Waals surface area contributed by atoms with Crippen LogP contribution in [0.3, 0.4) is 0 Å². The van der Waals surface area contributed by atoms with Crippen LogP contribution >= 0.6 is 11.5 Å². The average molecular weight is 252 g/mol. The highest BCUT2D eigenvalue weighted by atomic mass is 32.1.